The minimum absolute atomic E-state index is 0.751. The Bertz CT molecular complexity index is 840. The van der Waals surface area contributed by atoms with E-state index in [-0.39, 0.29) is 0 Å². The molecule has 0 radical (unpaired) electrons. The van der Waals surface area contributed by atoms with Gasteiger partial charge in [0, 0.05) is 34.0 Å². The van der Waals surface area contributed by atoms with Gasteiger partial charge in [-0.2, -0.15) is 0 Å². The average molecular weight is 398 g/mol. The van der Waals surface area contributed by atoms with Gasteiger partial charge in [0.05, 0.1) is 19.9 Å². The Morgan fingerprint density at radius 2 is 1.36 bits per heavy atom. The van der Waals surface area contributed by atoms with E-state index in [1.54, 1.807) is 14.2 Å². The molecule has 4 heteroatoms. The van der Waals surface area contributed by atoms with Gasteiger partial charge in [-0.3, -0.25) is 0 Å². The lowest BCUT2D eigenvalue weighted by Crippen LogP contribution is -2.10. The molecule has 25 heavy (non-hydrogen) atoms. The zero-order chi connectivity index (χ0) is 17.8. The van der Waals surface area contributed by atoms with Crippen LogP contribution in [0.1, 0.15) is 5.56 Å². The van der Waals surface area contributed by atoms with Crippen molar-refractivity contribution in [3.8, 4) is 11.5 Å². The smallest absolute Gasteiger partial charge is 0.124 e. The second-order valence-electron chi connectivity index (χ2n) is 5.72. The van der Waals surface area contributed by atoms with Crippen molar-refractivity contribution < 1.29 is 9.47 Å². The molecule has 3 nitrogen and oxygen atoms in total. The zero-order valence-corrected chi connectivity index (χ0v) is 16.1. The highest BCUT2D eigenvalue weighted by Gasteiger charge is 2.15. The van der Waals surface area contributed by atoms with Gasteiger partial charge < -0.3 is 14.4 Å². The Morgan fingerprint density at radius 3 is 1.92 bits per heavy atom. The lowest BCUT2D eigenvalue weighted by molar-refractivity contribution is 0.394. The molecule has 3 rings (SSSR count). The standard InChI is InChI=1S/C21H20BrNO2/c1-15-7-9-17(10-8-15)23(18-6-4-5-16(22)11-18)19-12-20(24-2)14-21(13-19)25-3/h4-14H,1-3H3. The summed E-state index contributed by atoms with van der Waals surface area (Å²) in [5, 5.41) is 0. The van der Waals surface area contributed by atoms with E-state index in [0.29, 0.717) is 0 Å². The summed E-state index contributed by atoms with van der Waals surface area (Å²) in [6.45, 7) is 2.09. The summed E-state index contributed by atoms with van der Waals surface area (Å²) in [5.41, 5.74) is 4.31. The molecule has 0 fully saturated rings. The van der Waals surface area contributed by atoms with Crippen LogP contribution in [0.25, 0.3) is 0 Å². The maximum Gasteiger partial charge on any atom is 0.124 e. The van der Waals surface area contributed by atoms with Crippen LogP contribution in [0.2, 0.25) is 0 Å². The van der Waals surface area contributed by atoms with E-state index in [4.69, 9.17) is 9.47 Å². The van der Waals surface area contributed by atoms with Crippen molar-refractivity contribution in [2.75, 3.05) is 19.1 Å². The SMILES string of the molecule is COc1cc(OC)cc(N(c2ccc(C)cc2)c2cccc(Br)c2)c1. The fourth-order valence-corrected chi connectivity index (χ4v) is 3.06. The van der Waals surface area contributed by atoms with Gasteiger partial charge in [0.15, 0.2) is 0 Å². The van der Waals surface area contributed by atoms with Gasteiger partial charge in [-0.15, -0.1) is 0 Å². The van der Waals surface area contributed by atoms with E-state index < -0.39 is 0 Å². The molecule has 0 saturated carbocycles. The van der Waals surface area contributed by atoms with Crippen molar-refractivity contribution in [2.24, 2.45) is 0 Å². The number of hydrogen-bond donors (Lipinski definition) is 0. The molecule has 0 unspecified atom stereocenters. The highest BCUT2D eigenvalue weighted by atomic mass is 79.9. The summed E-state index contributed by atoms with van der Waals surface area (Å²) < 4.78 is 11.9. The van der Waals surface area contributed by atoms with Crippen LogP contribution in [-0.4, -0.2) is 14.2 Å². The number of hydrogen-bond acceptors (Lipinski definition) is 3. The molecule has 3 aromatic carbocycles. The molecule has 0 atom stereocenters. The third-order valence-corrected chi connectivity index (χ3v) is 4.45. The zero-order valence-electron chi connectivity index (χ0n) is 14.5. The number of nitrogens with zero attached hydrogens (tertiary/aromatic N) is 1. The second kappa shape index (κ2) is 7.62. The first kappa shape index (κ1) is 17.4. The van der Waals surface area contributed by atoms with Crippen LogP contribution in [-0.2, 0) is 0 Å². The van der Waals surface area contributed by atoms with Crippen molar-refractivity contribution in [1.82, 2.24) is 0 Å². The monoisotopic (exact) mass is 397 g/mol. The summed E-state index contributed by atoms with van der Waals surface area (Å²) >= 11 is 3.57. The quantitative estimate of drug-likeness (QED) is 0.508. The third kappa shape index (κ3) is 3.97. The lowest BCUT2D eigenvalue weighted by Gasteiger charge is -2.26. The summed E-state index contributed by atoms with van der Waals surface area (Å²) in [6, 6.07) is 22.5. The minimum atomic E-state index is 0.751. The van der Waals surface area contributed by atoms with E-state index in [0.717, 1.165) is 33.0 Å². The first-order chi connectivity index (χ1) is 12.1. The Morgan fingerprint density at radius 1 is 0.720 bits per heavy atom. The molecule has 0 bridgehead atoms. The number of benzene rings is 3. The van der Waals surface area contributed by atoms with Gasteiger partial charge in [0.25, 0.3) is 0 Å². The highest BCUT2D eigenvalue weighted by molar-refractivity contribution is 9.10. The summed E-state index contributed by atoms with van der Waals surface area (Å²) in [6.07, 6.45) is 0. The van der Waals surface area contributed by atoms with Crippen molar-refractivity contribution >= 4 is 33.0 Å². The van der Waals surface area contributed by atoms with Crippen molar-refractivity contribution in [3.63, 3.8) is 0 Å². The number of methoxy groups -OCH3 is 2. The normalized spacial score (nSPS) is 10.4. The van der Waals surface area contributed by atoms with Gasteiger partial charge in [-0.1, -0.05) is 39.7 Å². The Labute approximate surface area is 156 Å². The molecule has 0 amide bonds. The molecule has 0 aliphatic heterocycles. The molecule has 0 spiro atoms. The van der Waals surface area contributed by atoms with E-state index in [2.05, 4.69) is 64.2 Å². The largest absolute Gasteiger partial charge is 0.497 e. The third-order valence-electron chi connectivity index (χ3n) is 3.95. The average Bonchev–Trinajstić information content (AvgIpc) is 2.63. The van der Waals surface area contributed by atoms with E-state index in [1.807, 2.05) is 30.3 Å². The lowest BCUT2D eigenvalue weighted by atomic mass is 10.1. The minimum Gasteiger partial charge on any atom is -0.497 e. The van der Waals surface area contributed by atoms with Crippen molar-refractivity contribution in [3.05, 3.63) is 76.8 Å². The van der Waals surface area contributed by atoms with Crippen LogP contribution in [0.5, 0.6) is 11.5 Å². The fourth-order valence-electron chi connectivity index (χ4n) is 2.68. The van der Waals surface area contributed by atoms with Crippen LogP contribution < -0.4 is 14.4 Å². The predicted octanol–water partition coefficient (Wildman–Crippen LogP) is 6.24. The first-order valence-electron chi connectivity index (χ1n) is 7.96. The molecule has 0 saturated heterocycles. The Hall–Kier alpha value is -2.46. The number of anilines is 3. The highest BCUT2D eigenvalue weighted by Crippen LogP contribution is 2.39. The Kier molecular flexibility index (Phi) is 5.29. The molecule has 0 aliphatic carbocycles. The molecular formula is C21H20BrNO2. The number of halogens is 1. The van der Waals surface area contributed by atoms with Crippen LogP contribution in [0.3, 0.4) is 0 Å². The van der Waals surface area contributed by atoms with E-state index >= 15 is 0 Å². The van der Waals surface area contributed by atoms with Gasteiger partial charge in [-0.05, 0) is 37.3 Å². The maximum atomic E-state index is 5.45. The Balaban J connectivity index is 2.19. The molecule has 0 N–H and O–H groups in total. The van der Waals surface area contributed by atoms with Gasteiger partial charge in [0.2, 0.25) is 0 Å². The van der Waals surface area contributed by atoms with Crippen LogP contribution in [0.4, 0.5) is 17.1 Å². The summed E-state index contributed by atoms with van der Waals surface area (Å²) in [5.74, 6) is 1.50. The summed E-state index contributed by atoms with van der Waals surface area (Å²) in [4.78, 5) is 2.18. The van der Waals surface area contributed by atoms with Gasteiger partial charge in [-0.25, -0.2) is 0 Å². The van der Waals surface area contributed by atoms with Crippen LogP contribution in [0, 0.1) is 6.92 Å². The number of ether oxygens (including phenoxy) is 2. The van der Waals surface area contributed by atoms with Crippen molar-refractivity contribution in [2.45, 2.75) is 6.92 Å². The van der Waals surface area contributed by atoms with E-state index in [9.17, 15) is 0 Å². The van der Waals surface area contributed by atoms with Gasteiger partial charge in [0.1, 0.15) is 11.5 Å². The molecule has 0 heterocycles. The van der Waals surface area contributed by atoms with Gasteiger partial charge >= 0.3 is 0 Å². The molecule has 3 aromatic rings. The molecule has 0 aliphatic rings. The summed E-state index contributed by atoms with van der Waals surface area (Å²) in [7, 11) is 3.32. The van der Waals surface area contributed by atoms with Crippen LogP contribution in [0.15, 0.2) is 71.2 Å². The number of rotatable bonds is 5. The maximum absolute atomic E-state index is 5.45. The van der Waals surface area contributed by atoms with Crippen LogP contribution >= 0.6 is 15.9 Å². The molecule has 128 valence electrons. The van der Waals surface area contributed by atoms with E-state index in [1.165, 1.54) is 5.56 Å². The topological polar surface area (TPSA) is 21.7 Å². The fraction of sp³-hybridized carbons (Fsp3) is 0.143. The predicted molar refractivity (Wildman–Crippen MR) is 107 cm³/mol. The molecular weight excluding hydrogens is 378 g/mol. The number of aryl methyl sites for hydroxylation is 1. The second-order valence-corrected chi connectivity index (χ2v) is 6.64. The van der Waals surface area contributed by atoms with Crippen molar-refractivity contribution in [1.29, 1.82) is 0 Å². The first-order valence-corrected chi connectivity index (χ1v) is 8.75. The molecule has 0 aromatic heterocycles.